The van der Waals surface area contributed by atoms with Crippen LogP contribution in [-0.2, 0) is 9.59 Å². The highest BCUT2D eigenvalue weighted by molar-refractivity contribution is 8.00. The van der Waals surface area contributed by atoms with Crippen LogP contribution >= 0.6 is 11.8 Å². The smallest absolute Gasteiger partial charge is 0.243 e. The van der Waals surface area contributed by atoms with Crippen LogP contribution < -0.4 is 10.1 Å². The van der Waals surface area contributed by atoms with Crippen molar-refractivity contribution in [3.63, 3.8) is 0 Å². The number of thioether (sulfide) groups is 1. The van der Waals surface area contributed by atoms with Gasteiger partial charge in [-0.25, -0.2) is 0 Å². The summed E-state index contributed by atoms with van der Waals surface area (Å²) in [5.74, 6) is 0.756. The largest absolute Gasteiger partial charge is 0.497 e. The number of methoxy groups -OCH3 is 1. The third-order valence-corrected chi connectivity index (χ3v) is 5.10. The van der Waals surface area contributed by atoms with Gasteiger partial charge in [0, 0.05) is 17.6 Å². The van der Waals surface area contributed by atoms with Crippen LogP contribution in [0.2, 0.25) is 0 Å². The number of carbonyl (C=O) groups excluding carboxylic acids is 2. The molecule has 26 heavy (non-hydrogen) atoms. The summed E-state index contributed by atoms with van der Waals surface area (Å²) in [7, 11) is 3.25. The van der Waals surface area contributed by atoms with E-state index in [1.54, 1.807) is 14.2 Å². The van der Waals surface area contributed by atoms with E-state index in [-0.39, 0.29) is 24.1 Å². The highest BCUT2D eigenvalue weighted by Crippen LogP contribution is 2.21. The van der Waals surface area contributed by atoms with Gasteiger partial charge >= 0.3 is 0 Å². The second-order valence-corrected chi connectivity index (χ2v) is 7.06. The number of anilines is 1. The summed E-state index contributed by atoms with van der Waals surface area (Å²) >= 11 is 1.43. The lowest BCUT2D eigenvalue weighted by atomic mass is 10.1. The Labute approximate surface area is 158 Å². The number of amides is 2. The first-order valence-corrected chi connectivity index (χ1v) is 9.26. The van der Waals surface area contributed by atoms with Gasteiger partial charge in [-0.15, -0.1) is 11.8 Å². The van der Waals surface area contributed by atoms with Crippen molar-refractivity contribution in [2.45, 2.75) is 18.7 Å². The fourth-order valence-electron chi connectivity index (χ4n) is 2.31. The quantitative estimate of drug-likeness (QED) is 0.756. The minimum atomic E-state index is -0.205. The van der Waals surface area contributed by atoms with Crippen LogP contribution in [-0.4, -0.2) is 43.2 Å². The van der Waals surface area contributed by atoms with E-state index < -0.39 is 0 Å². The first kappa shape index (κ1) is 19.8. The Morgan fingerprint density at radius 3 is 2.46 bits per heavy atom. The van der Waals surface area contributed by atoms with Crippen molar-refractivity contribution >= 4 is 29.3 Å². The molecule has 138 valence electrons. The molecular weight excluding hydrogens is 348 g/mol. The highest BCUT2D eigenvalue weighted by atomic mass is 32.2. The first-order valence-electron chi connectivity index (χ1n) is 8.27. The van der Waals surface area contributed by atoms with Gasteiger partial charge in [-0.1, -0.05) is 12.1 Å². The fourth-order valence-corrected chi connectivity index (χ4v) is 3.15. The highest BCUT2D eigenvalue weighted by Gasteiger charge is 2.14. The summed E-state index contributed by atoms with van der Waals surface area (Å²) < 4.78 is 5.11. The van der Waals surface area contributed by atoms with Gasteiger partial charge in [0.1, 0.15) is 5.75 Å². The molecule has 2 aromatic carbocycles. The number of nitrogens with one attached hydrogen (secondary N) is 1. The Balaban J connectivity index is 1.83. The number of hydrogen-bond acceptors (Lipinski definition) is 4. The third-order valence-electron chi connectivity index (χ3n) is 4.11. The number of benzene rings is 2. The maximum Gasteiger partial charge on any atom is 0.243 e. The molecule has 0 saturated heterocycles. The van der Waals surface area contributed by atoms with Crippen molar-refractivity contribution < 1.29 is 14.3 Å². The Hall–Kier alpha value is -2.47. The molecule has 0 aromatic heterocycles. The zero-order valence-corrected chi connectivity index (χ0v) is 16.4. The summed E-state index contributed by atoms with van der Waals surface area (Å²) in [6, 6.07) is 13.3. The average molecular weight is 372 g/mol. The van der Waals surface area contributed by atoms with Gasteiger partial charge in [0.25, 0.3) is 0 Å². The van der Waals surface area contributed by atoms with Gasteiger partial charge in [-0.2, -0.15) is 0 Å². The maximum atomic E-state index is 12.2. The lowest BCUT2D eigenvalue weighted by Gasteiger charge is -2.17. The van der Waals surface area contributed by atoms with Crippen LogP contribution in [0.5, 0.6) is 5.75 Å². The van der Waals surface area contributed by atoms with Gasteiger partial charge in [0.15, 0.2) is 0 Å². The summed E-state index contributed by atoms with van der Waals surface area (Å²) in [5.41, 5.74) is 2.93. The molecule has 0 aliphatic heterocycles. The van der Waals surface area contributed by atoms with Crippen molar-refractivity contribution in [3.8, 4) is 5.75 Å². The van der Waals surface area contributed by atoms with Crippen LogP contribution in [0, 0.1) is 13.8 Å². The number of ether oxygens (including phenoxy) is 1. The molecule has 2 rings (SSSR count). The molecule has 0 heterocycles. The van der Waals surface area contributed by atoms with Gasteiger partial charge in [-0.3, -0.25) is 9.59 Å². The van der Waals surface area contributed by atoms with Crippen molar-refractivity contribution in [2.24, 2.45) is 0 Å². The zero-order chi connectivity index (χ0) is 19.1. The van der Waals surface area contributed by atoms with Gasteiger partial charge in [0.05, 0.1) is 19.4 Å². The number of rotatable bonds is 7. The van der Waals surface area contributed by atoms with E-state index in [2.05, 4.69) is 5.32 Å². The Bertz CT molecular complexity index is 775. The van der Waals surface area contributed by atoms with E-state index in [0.29, 0.717) is 0 Å². The van der Waals surface area contributed by atoms with E-state index in [1.165, 1.54) is 16.7 Å². The van der Waals surface area contributed by atoms with Gasteiger partial charge in [0.2, 0.25) is 11.8 Å². The summed E-state index contributed by atoms with van der Waals surface area (Å²) in [6.07, 6.45) is 0. The molecule has 2 amide bonds. The van der Waals surface area contributed by atoms with Gasteiger partial charge < -0.3 is 15.0 Å². The SMILES string of the molecule is COc1ccc(SCC(=O)N(C)CC(=O)Nc2cccc(C)c2C)cc1. The maximum absolute atomic E-state index is 12.2. The number of hydrogen-bond donors (Lipinski definition) is 1. The molecule has 5 nitrogen and oxygen atoms in total. The van der Waals surface area contributed by atoms with E-state index >= 15 is 0 Å². The normalized spacial score (nSPS) is 10.3. The van der Waals surface area contributed by atoms with Crippen molar-refractivity contribution in [1.82, 2.24) is 4.90 Å². The first-order chi connectivity index (χ1) is 12.4. The molecule has 0 saturated carbocycles. The number of nitrogens with zero attached hydrogens (tertiary/aromatic N) is 1. The number of aryl methyl sites for hydroxylation is 1. The van der Waals surface area contributed by atoms with Gasteiger partial charge in [-0.05, 0) is 55.3 Å². The Morgan fingerprint density at radius 1 is 1.12 bits per heavy atom. The number of carbonyl (C=O) groups is 2. The second-order valence-electron chi connectivity index (χ2n) is 6.01. The molecule has 0 spiro atoms. The molecule has 1 N–H and O–H groups in total. The predicted molar refractivity (Wildman–Crippen MR) is 106 cm³/mol. The number of likely N-dealkylation sites (N-methyl/N-ethyl adjacent to an activating group) is 1. The van der Waals surface area contributed by atoms with Crippen LogP contribution in [0.1, 0.15) is 11.1 Å². The van der Waals surface area contributed by atoms with Crippen molar-refractivity contribution in [1.29, 1.82) is 0 Å². The van der Waals surface area contributed by atoms with Crippen LogP contribution in [0.4, 0.5) is 5.69 Å². The van der Waals surface area contributed by atoms with Crippen LogP contribution in [0.25, 0.3) is 0 Å². The van der Waals surface area contributed by atoms with E-state index in [9.17, 15) is 9.59 Å². The lowest BCUT2D eigenvalue weighted by molar-refractivity contribution is -0.131. The monoisotopic (exact) mass is 372 g/mol. The predicted octanol–water partition coefficient (Wildman–Crippen LogP) is 3.50. The minimum absolute atomic E-state index is 0.0232. The standard InChI is InChI=1S/C20H24N2O3S/c1-14-6-5-7-18(15(14)2)21-19(23)12-22(3)20(24)13-26-17-10-8-16(25-4)9-11-17/h5-11H,12-13H2,1-4H3,(H,21,23). The molecular formula is C20H24N2O3S. The molecule has 0 aliphatic carbocycles. The topological polar surface area (TPSA) is 58.6 Å². The summed E-state index contributed by atoms with van der Waals surface area (Å²) in [6.45, 7) is 3.98. The van der Waals surface area contributed by atoms with Crippen LogP contribution in [0.3, 0.4) is 0 Å². The van der Waals surface area contributed by atoms with Crippen LogP contribution in [0.15, 0.2) is 47.4 Å². The molecule has 0 aliphatic rings. The summed E-state index contributed by atoms with van der Waals surface area (Å²) in [5, 5.41) is 2.87. The van der Waals surface area contributed by atoms with E-state index in [1.807, 2.05) is 56.3 Å². The fraction of sp³-hybridized carbons (Fsp3) is 0.300. The zero-order valence-electron chi connectivity index (χ0n) is 15.5. The molecule has 0 radical (unpaired) electrons. The average Bonchev–Trinajstić information content (AvgIpc) is 2.63. The lowest BCUT2D eigenvalue weighted by Crippen LogP contribution is -2.36. The van der Waals surface area contributed by atoms with E-state index in [0.717, 1.165) is 27.5 Å². The minimum Gasteiger partial charge on any atom is -0.497 e. The van der Waals surface area contributed by atoms with E-state index in [4.69, 9.17) is 4.74 Å². The van der Waals surface area contributed by atoms with Crippen molar-refractivity contribution in [2.75, 3.05) is 31.8 Å². The third kappa shape index (κ3) is 5.52. The Morgan fingerprint density at radius 2 is 1.81 bits per heavy atom. The molecule has 0 unspecified atom stereocenters. The second kappa shape index (κ2) is 9.29. The molecule has 6 heteroatoms. The Kier molecular flexibility index (Phi) is 7.09. The van der Waals surface area contributed by atoms with Crippen molar-refractivity contribution in [3.05, 3.63) is 53.6 Å². The summed E-state index contributed by atoms with van der Waals surface area (Å²) in [4.78, 5) is 26.9. The molecule has 2 aromatic rings. The molecule has 0 fully saturated rings. The molecule has 0 bridgehead atoms. The molecule has 0 atom stereocenters.